The third kappa shape index (κ3) is 4.16. The van der Waals surface area contributed by atoms with Crippen LogP contribution in [0.15, 0.2) is 24.3 Å². The van der Waals surface area contributed by atoms with E-state index >= 15 is 0 Å². The molecule has 2 fully saturated rings. The van der Waals surface area contributed by atoms with Gasteiger partial charge in [-0.15, -0.1) is 0 Å². The number of alkyl halides is 3. The molecule has 8 heteroatoms. The van der Waals surface area contributed by atoms with Crippen molar-refractivity contribution in [3.63, 3.8) is 0 Å². The Morgan fingerprint density at radius 2 is 1.86 bits per heavy atom. The van der Waals surface area contributed by atoms with Gasteiger partial charge in [-0.25, -0.2) is 4.98 Å². The molecule has 1 atom stereocenters. The number of halogens is 3. The molecule has 4 aliphatic rings. The number of aryl methyl sites for hydroxylation is 1. The standard InChI is InChI=1S/C28H32F3N3O2/c29-28(30,31)12-5-13-34-23-9-4-3-8-22(23)32-24(34)15-20-14-19-6-1-2-7-21(19)27(25(20)35)16-33(17-27)26(36)18-10-11-18/h1-2,6-7,18,20H,3-5,8-17H2. The van der Waals surface area contributed by atoms with Gasteiger partial charge in [-0.1, -0.05) is 24.3 Å². The predicted octanol–water partition coefficient (Wildman–Crippen LogP) is 4.58. The van der Waals surface area contributed by atoms with Gasteiger partial charge in [0.05, 0.1) is 11.1 Å². The monoisotopic (exact) mass is 499 g/mol. The van der Waals surface area contributed by atoms with Crippen LogP contribution in [0.5, 0.6) is 0 Å². The lowest BCUT2D eigenvalue weighted by Gasteiger charge is -2.53. The average Bonchev–Trinajstić information content (AvgIpc) is 3.61. The quantitative estimate of drug-likeness (QED) is 0.585. The predicted molar refractivity (Wildman–Crippen MR) is 127 cm³/mol. The molecule has 1 amide bonds. The molecule has 6 rings (SSSR count). The van der Waals surface area contributed by atoms with E-state index in [4.69, 9.17) is 4.98 Å². The molecule has 2 aromatic rings. The summed E-state index contributed by atoms with van der Waals surface area (Å²) in [7, 11) is 0. The minimum absolute atomic E-state index is 0.0168. The molecular formula is C28H32F3N3O2. The van der Waals surface area contributed by atoms with Crippen molar-refractivity contribution in [3.05, 3.63) is 52.6 Å². The van der Waals surface area contributed by atoms with Gasteiger partial charge in [0.25, 0.3) is 0 Å². The average molecular weight is 500 g/mol. The number of rotatable bonds is 6. The van der Waals surface area contributed by atoms with Crippen molar-refractivity contribution in [2.45, 2.75) is 82.3 Å². The molecule has 1 unspecified atom stereocenters. The van der Waals surface area contributed by atoms with Crippen molar-refractivity contribution in [3.8, 4) is 0 Å². The highest BCUT2D eigenvalue weighted by Crippen LogP contribution is 2.46. The van der Waals surface area contributed by atoms with Crippen LogP contribution < -0.4 is 0 Å². The number of likely N-dealkylation sites (tertiary alicyclic amines) is 1. The maximum atomic E-state index is 14.0. The largest absolute Gasteiger partial charge is 0.389 e. The highest BCUT2D eigenvalue weighted by molar-refractivity contribution is 5.98. The molecule has 5 nitrogen and oxygen atoms in total. The SMILES string of the molecule is O=C(C1CC1)N1CC2(C1)C(=O)C(Cc1nc3c(n1CCCC(F)(F)F)CCCC3)Cc1ccccc12. The lowest BCUT2D eigenvalue weighted by atomic mass is 9.60. The molecule has 1 aromatic carbocycles. The van der Waals surface area contributed by atoms with Gasteiger partial charge in [-0.05, 0) is 62.5 Å². The number of imidazole rings is 1. The van der Waals surface area contributed by atoms with Gasteiger partial charge in [-0.3, -0.25) is 9.59 Å². The maximum absolute atomic E-state index is 14.0. The Balaban J connectivity index is 1.27. The molecule has 192 valence electrons. The second kappa shape index (κ2) is 8.73. The Bertz CT molecular complexity index is 1190. The van der Waals surface area contributed by atoms with Crippen molar-refractivity contribution < 1.29 is 22.8 Å². The van der Waals surface area contributed by atoms with Gasteiger partial charge in [0.15, 0.2) is 5.78 Å². The summed E-state index contributed by atoms with van der Waals surface area (Å²) < 4.78 is 40.6. The number of benzene rings is 1. The summed E-state index contributed by atoms with van der Waals surface area (Å²) in [4.78, 5) is 33.4. The Morgan fingerprint density at radius 1 is 1.11 bits per heavy atom. The Hall–Kier alpha value is -2.64. The first-order valence-corrected chi connectivity index (χ1v) is 13.3. The first kappa shape index (κ1) is 23.7. The van der Waals surface area contributed by atoms with Crippen LogP contribution in [0.25, 0.3) is 0 Å². The molecule has 0 bridgehead atoms. The zero-order valence-electron chi connectivity index (χ0n) is 20.4. The first-order valence-electron chi connectivity index (χ1n) is 13.3. The van der Waals surface area contributed by atoms with E-state index in [1.165, 1.54) is 0 Å². The summed E-state index contributed by atoms with van der Waals surface area (Å²) in [6.07, 6.45) is 1.68. The number of carbonyl (C=O) groups is 2. The van der Waals surface area contributed by atoms with Crippen LogP contribution in [0.3, 0.4) is 0 Å². The molecule has 2 heterocycles. The number of carbonyl (C=O) groups excluding carboxylic acids is 2. The molecule has 1 aliphatic heterocycles. The summed E-state index contributed by atoms with van der Waals surface area (Å²) in [6.45, 7) is 1.15. The van der Waals surface area contributed by atoms with Gasteiger partial charge in [-0.2, -0.15) is 13.2 Å². The van der Waals surface area contributed by atoms with E-state index in [1.54, 1.807) is 0 Å². The van der Waals surface area contributed by atoms with Crippen LogP contribution in [-0.2, 0) is 47.2 Å². The minimum atomic E-state index is -4.18. The van der Waals surface area contributed by atoms with Gasteiger partial charge in [0.2, 0.25) is 5.91 Å². The molecular weight excluding hydrogens is 467 g/mol. The first-order chi connectivity index (χ1) is 17.2. The fourth-order valence-corrected chi connectivity index (χ4v) is 6.62. The molecule has 0 N–H and O–H groups in total. The van der Waals surface area contributed by atoms with Crippen molar-refractivity contribution in [1.29, 1.82) is 0 Å². The summed E-state index contributed by atoms with van der Waals surface area (Å²) >= 11 is 0. The molecule has 1 saturated heterocycles. The minimum Gasteiger partial charge on any atom is -0.340 e. The molecule has 1 saturated carbocycles. The lowest BCUT2D eigenvalue weighted by molar-refractivity contribution is -0.148. The second-order valence-electron chi connectivity index (χ2n) is 11.2. The van der Waals surface area contributed by atoms with E-state index in [-0.39, 0.29) is 36.5 Å². The van der Waals surface area contributed by atoms with Crippen LogP contribution in [-0.4, -0.2) is 45.4 Å². The fraction of sp³-hybridized carbons (Fsp3) is 0.607. The normalized spacial score (nSPS) is 22.8. The molecule has 3 aliphatic carbocycles. The third-order valence-corrected chi connectivity index (χ3v) is 8.58. The van der Waals surface area contributed by atoms with Crippen molar-refractivity contribution >= 4 is 11.7 Å². The number of hydrogen-bond donors (Lipinski definition) is 0. The number of nitrogens with zero attached hydrogens (tertiary/aromatic N) is 3. The summed E-state index contributed by atoms with van der Waals surface area (Å²) in [5.41, 5.74) is 3.56. The number of Topliss-reactive ketones (excluding diaryl/α,β-unsaturated/α-hetero) is 1. The third-order valence-electron chi connectivity index (χ3n) is 8.58. The lowest BCUT2D eigenvalue weighted by Crippen LogP contribution is -2.68. The molecule has 0 radical (unpaired) electrons. The number of hydrogen-bond acceptors (Lipinski definition) is 3. The molecule has 1 spiro atoms. The number of aromatic nitrogens is 2. The van der Waals surface area contributed by atoms with Crippen LogP contribution in [0, 0.1) is 11.8 Å². The van der Waals surface area contributed by atoms with E-state index in [0.29, 0.717) is 25.9 Å². The Labute approximate surface area is 209 Å². The van der Waals surface area contributed by atoms with Crippen molar-refractivity contribution in [2.24, 2.45) is 11.8 Å². The van der Waals surface area contributed by atoms with E-state index in [0.717, 1.165) is 66.9 Å². The Morgan fingerprint density at radius 3 is 2.61 bits per heavy atom. The van der Waals surface area contributed by atoms with Gasteiger partial charge in [0, 0.05) is 50.0 Å². The van der Waals surface area contributed by atoms with E-state index in [1.807, 2.05) is 27.7 Å². The smallest absolute Gasteiger partial charge is 0.340 e. The van der Waals surface area contributed by atoms with Crippen LogP contribution >= 0.6 is 0 Å². The summed E-state index contributed by atoms with van der Waals surface area (Å²) in [5.74, 6) is 0.915. The van der Waals surface area contributed by atoms with Crippen molar-refractivity contribution in [1.82, 2.24) is 14.5 Å². The van der Waals surface area contributed by atoms with E-state index in [9.17, 15) is 22.8 Å². The van der Waals surface area contributed by atoms with Gasteiger partial charge >= 0.3 is 6.18 Å². The number of ketones is 1. The van der Waals surface area contributed by atoms with Gasteiger partial charge < -0.3 is 9.47 Å². The zero-order chi connectivity index (χ0) is 25.1. The van der Waals surface area contributed by atoms with Crippen molar-refractivity contribution in [2.75, 3.05) is 13.1 Å². The number of fused-ring (bicyclic) bond motifs is 3. The summed E-state index contributed by atoms with van der Waals surface area (Å²) in [6, 6.07) is 8.05. The maximum Gasteiger partial charge on any atom is 0.389 e. The van der Waals surface area contributed by atoms with Gasteiger partial charge in [0.1, 0.15) is 5.82 Å². The van der Waals surface area contributed by atoms with E-state index in [2.05, 4.69) is 6.07 Å². The van der Waals surface area contributed by atoms with E-state index < -0.39 is 18.0 Å². The highest BCUT2D eigenvalue weighted by atomic mass is 19.4. The highest BCUT2D eigenvalue weighted by Gasteiger charge is 2.57. The van der Waals surface area contributed by atoms with Crippen LogP contribution in [0.1, 0.15) is 66.9 Å². The Kier molecular flexibility index (Phi) is 5.76. The zero-order valence-corrected chi connectivity index (χ0v) is 20.4. The number of amides is 1. The second-order valence-corrected chi connectivity index (χ2v) is 11.2. The van der Waals surface area contributed by atoms with Crippen LogP contribution in [0.4, 0.5) is 13.2 Å². The molecule has 1 aromatic heterocycles. The molecule has 36 heavy (non-hydrogen) atoms. The topological polar surface area (TPSA) is 55.2 Å². The van der Waals surface area contributed by atoms with Crippen LogP contribution in [0.2, 0.25) is 0 Å². The summed E-state index contributed by atoms with van der Waals surface area (Å²) in [5, 5.41) is 0. The fourth-order valence-electron chi connectivity index (χ4n) is 6.62.